The van der Waals surface area contributed by atoms with Gasteiger partial charge >= 0.3 is 0 Å². The summed E-state index contributed by atoms with van der Waals surface area (Å²) in [5.41, 5.74) is 0.734. The first-order chi connectivity index (χ1) is 11.6. The Bertz CT molecular complexity index is 808. The van der Waals surface area contributed by atoms with Crippen molar-refractivity contribution in [3.05, 3.63) is 60.2 Å². The Morgan fingerprint density at radius 1 is 0.958 bits per heavy atom. The number of sulfonamides is 1. The second-order valence-electron chi connectivity index (χ2n) is 4.86. The van der Waals surface area contributed by atoms with E-state index in [0.717, 1.165) is 5.56 Å². The van der Waals surface area contributed by atoms with Crippen molar-refractivity contribution >= 4 is 10.0 Å². The first kappa shape index (κ1) is 17.9. The molecule has 6 heteroatoms. The molecule has 0 aliphatic rings. The Kier molecular flexibility index (Phi) is 6.67. The summed E-state index contributed by atoms with van der Waals surface area (Å²) < 4.78 is 36.9. The molecular formula is C18H19NO4S. The second-order valence-corrected chi connectivity index (χ2v) is 6.67. The topological polar surface area (TPSA) is 64.6 Å². The zero-order valence-electron chi connectivity index (χ0n) is 13.4. The lowest BCUT2D eigenvalue weighted by Gasteiger charge is -2.07. The molecule has 0 radical (unpaired) electrons. The third-order valence-corrected chi connectivity index (χ3v) is 4.37. The molecule has 0 unspecified atom stereocenters. The van der Waals surface area contributed by atoms with Crippen LogP contribution in [0.2, 0.25) is 0 Å². The van der Waals surface area contributed by atoms with E-state index in [-0.39, 0.29) is 18.9 Å². The predicted octanol–water partition coefficient (Wildman–Crippen LogP) is 2.20. The molecule has 0 amide bonds. The molecule has 0 saturated heterocycles. The fraction of sp³-hybridized carbons (Fsp3) is 0.222. The van der Waals surface area contributed by atoms with Crippen molar-refractivity contribution in [3.8, 4) is 23.3 Å². The minimum Gasteiger partial charge on any atom is -0.493 e. The molecule has 2 rings (SSSR count). The number of nitrogens with one attached hydrogen (secondary N) is 1. The molecule has 0 aliphatic carbocycles. The summed E-state index contributed by atoms with van der Waals surface area (Å²) in [5, 5.41) is 0. The van der Waals surface area contributed by atoms with Crippen LogP contribution in [0.15, 0.2) is 54.6 Å². The molecule has 0 fully saturated rings. The van der Waals surface area contributed by atoms with Crippen LogP contribution in [0.4, 0.5) is 0 Å². The Balaban J connectivity index is 1.77. The minimum atomic E-state index is -3.40. The van der Waals surface area contributed by atoms with Crippen molar-refractivity contribution < 1.29 is 17.9 Å². The maximum Gasteiger partial charge on any atom is 0.216 e. The molecule has 0 heterocycles. The highest BCUT2D eigenvalue weighted by molar-refractivity contribution is 7.88. The molecule has 0 saturated carbocycles. The normalized spacial score (nSPS) is 10.5. The molecule has 2 aromatic carbocycles. The lowest BCUT2D eigenvalue weighted by atomic mass is 10.2. The molecular weight excluding hydrogens is 326 g/mol. The predicted molar refractivity (Wildman–Crippen MR) is 93.3 cm³/mol. The summed E-state index contributed by atoms with van der Waals surface area (Å²) >= 11 is 0. The highest BCUT2D eigenvalue weighted by Gasteiger charge is 2.09. The first-order valence-electron chi connectivity index (χ1n) is 7.33. The number of methoxy groups -OCH3 is 1. The van der Waals surface area contributed by atoms with Gasteiger partial charge < -0.3 is 9.47 Å². The number of para-hydroxylation sites is 2. The zero-order valence-corrected chi connectivity index (χ0v) is 14.2. The van der Waals surface area contributed by atoms with Crippen LogP contribution in [0.3, 0.4) is 0 Å². The van der Waals surface area contributed by atoms with E-state index in [1.807, 2.05) is 18.2 Å². The van der Waals surface area contributed by atoms with Gasteiger partial charge in [0.2, 0.25) is 10.0 Å². The summed E-state index contributed by atoms with van der Waals surface area (Å²) in [4.78, 5) is 0. The van der Waals surface area contributed by atoms with Crippen LogP contribution in [-0.2, 0) is 15.8 Å². The molecule has 0 aliphatic heterocycles. The van der Waals surface area contributed by atoms with Gasteiger partial charge in [-0.1, -0.05) is 54.3 Å². The van der Waals surface area contributed by atoms with Gasteiger partial charge in [-0.3, -0.25) is 0 Å². The summed E-state index contributed by atoms with van der Waals surface area (Å²) in [7, 11) is -1.83. The van der Waals surface area contributed by atoms with E-state index >= 15 is 0 Å². The first-order valence-corrected chi connectivity index (χ1v) is 8.99. The Morgan fingerprint density at radius 3 is 2.33 bits per heavy atom. The van der Waals surface area contributed by atoms with Crippen molar-refractivity contribution in [2.45, 2.75) is 5.75 Å². The second kappa shape index (κ2) is 8.96. The molecule has 5 nitrogen and oxygen atoms in total. The molecule has 0 atom stereocenters. The average molecular weight is 345 g/mol. The maximum atomic E-state index is 11.9. The van der Waals surface area contributed by atoms with Gasteiger partial charge in [0.15, 0.2) is 11.5 Å². The minimum absolute atomic E-state index is 0.0461. The van der Waals surface area contributed by atoms with E-state index in [0.29, 0.717) is 11.5 Å². The number of benzene rings is 2. The van der Waals surface area contributed by atoms with Gasteiger partial charge in [-0.25, -0.2) is 13.1 Å². The monoisotopic (exact) mass is 345 g/mol. The lowest BCUT2D eigenvalue weighted by Crippen LogP contribution is -2.25. The van der Waals surface area contributed by atoms with Crippen LogP contribution >= 0.6 is 0 Å². The lowest BCUT2D eigenvalue weighted by molar-refractivity contribution is 0.331. The summed E-state index contributed by atoms with van der Waals surface area (Å²) in [6.45, 7) is 0.200. The van der Waals surface area contributed by atoms with Crippen LogP contribution in [-0.4, -0.2) is 28.7 Å². The van der Waals surface area contributed by atoms with E-state index in [1.165, 1.54) is 0 Å². The van der Waals surface area contributed by atoms with Crippen LogP contribution in [0.25, 0.3) is 0 Å². The molecule has 126 valence electrons. The van der Waals surface area contributed by atoms with E-state index in [4.69, 9.17) is 9.47 Å². The van der Waals surface area contributed by atoms with Gasteiger partial charge in [-0.05, 0) is 17.7 Å². The quantitative estimate of drug-likeness (QED) is 0.782. The van der Waals surface area contributed by atoms with Crippen LogP contribution in [0.1, 0.15) is 5.56 Å². The fourth-order valence-electron chi connectivity index (χ4n) is 1.96. The molecule has 1 N–H and O–H groups in total. The molecule has 2 aromatic rings. The largest absolute Gasteiger partial charge is 0.493 e. The maximum absolute atomic E-state index is 11.9. The smallest absolute Gasteiger partial charge is 0.216 e. The van der Waals surface area contributed by atoms with Gasteiger partial charge in [0.25, 0.3) is 0 Å². The molecule has 24 heavy (non-hydrogen) atoms. The third-order valence-electron chi connectivity index (χ3n) is 3.07. The Morgan fingerprint density at radius 2 is 1.62 bits per heavy atom. The van der Waals surface area contributed by atoms with Gasteiger partial charge in [-0.2, -0.15) is 0 Å². The van der Waals surface area contributed by atoms with Crippen molar-refractivity contribution in [1.82, 2.24) is 4.72 Å². The summed E-state index contributed by atoms with van der Waals surface area (Å²) in [5.74, 6) is 6.66. The summed E-state index contributed by atoms with van der Waals surface area (Å²) in [6.07, 6.45) is 0. The van der Waals surface area contributed by atoms with E-state index < -0.39 is 10.0 Å². The van der Waals surface area contributed by atoms with Crippen molar-refractivity contribution in [3.63, 3.8) is 0 Å². The van der Waals surface area contributed by atoms with Gasteiger partial charge in [0, 0.05) is 0 Å². The van der Waals surface area contributed by atoms with Crippen molar-refractivity contribution in [2.24, 2.45) is 0 Å². The van der Waals surface area contributed by atoms with Crippen LogP contribution in [0, 0.1) is 11.8 Å². The van der Waals surface area contributed by atoms with Gasteiger partial charge in [-0.15, -0.1) is 0 Å². The standard InChI is InChI=1S/C18H19NO4S/c1-22-17-11-5-6-12-18(17)23-14-8-7-13-19-24(20,21)15-16-9-3-2-4-10-16/h2-6,9-12,19H,13-15H2,1H3. The fourth-order valence-corrected chi connectivity index (χ4v) is 2.98. The molecule has 0 bridgehead atoms. The number of rotatable bonds is 7. The number of ether oxygens (including phenoxy) is 2. The van der Waals surface area contributed by atoms with E-state index in [9.17, 15) is 8.42 Å². The Labute approximate surface area is 142 Å². The Hall–Kier alpha value is -2.49. The summed E-state index contributed by atoms with van der Waals surface area (Å²) in [6, 6.07) is 16.2. The average Bonchev–Trinajstić information content (AvgIpc) is 2.58. The van der Waals surface area contributed by atoms with Gasteiger partial charge in [0.05, 0.1) is 19.4 Å². The van der Waals surface area contributed by atoms with Crippen molar-refractivity contribution in [2.75, 3.05) is 20.3 Å². The molecule has 0 aromatic heterocycles. The highest BCUT2D eigenvalue weighted by Crippen LogP contribution is 2.25. The highest BCUT2D eigenvalue weighted by atomic mass is 32.2. The van der Waals surface area contributed by atoms with E-state index in [2.05, 4.69) is 16.6 Å². The van der Waals surface area contributed by atoms with Crippen LogP contribution in [0.5, 0.6) is 11.5 Å². The zero-order chi connectivity index (χ0) is 17.3. The van der Waals surface area contributed by atoms with Crippen LogP contribution < -0.4 is 14.2 Å². The third kappa shape index (κ3) is 5.95. The molecule has 0 spiro atoms. The number of hydrogen-bond donors (Lipinski definition) is 1. The van der Waals surface area contributed by atoms with Gasteiger partial charge in [0.1, 0.15) is 6.61 Å². The van der Waals surface area contributed by atoms with Crippen molar-refractivity contribution in [1.29, 1.82) is 0 Å². The number of hydrogen-bond acceptors (Lipinski definition) is 4. The van der Waals surface area contributed by atoms with E-state index in [1.54, 1.807) is 43.5 Å². The SMILES string of the molecule is COc1ccccc1OCC#CCNS(=O)(=O)Cc1ccccc1.